The summed E-state index contributed by atoms with van der Waals surface area (Å²) in [4.78, 5) is 22.1. The molecule has 30 heavy (non-hydrogen) atoms. The minimum absolute atomic E-state index is 0.0326. The standard InChI is InChI=1S/C17H21FN5O6P/c1-26-13-4-3-11(7-12(13)18)8-29-30(24,25)10-28-6-5-23-9-20-14-15(23)21-17(19)22-16(14)27-2/h3-4,7,9H,5-6,8,10H2,1-2H3,(H,24,25)(H2,19,21,22). The van der Waals surface area contributed by atoms with Gasteiger partial charge < -0.3 is 33.9 Å². The molecule has 0 radical (unpaired) electrons. The number of benzene rings is 1. The summed E-state index contributed by atoms with van der Waals surface area (Å²) in [6.45, 7) is 0.128. The third kappa shape index (κ3) is 5.22. The smallest absolute Gasteiger partial charge is 0.353 e. The van der Waals surface area contributed by atoms with E-state index >= 15 is 0 Å². The van der Waals surface area contributed by atoms with Gasteiger partial charge in [0.1, 0.15) is 6.35 Å². The number of aromatic nitrogens is 4. The molecule has 0 aliphatic heterocycles. The predicted molar refractivity (Wildman–Crippen MR) is 105 cm³/mol. The highest BCUT2D eigenvalue weighted by molar-refractivity contribution is 7.52. The van der Waals surface area contributed by atoms with Gasteiger partial charge in [0, 0.05) is 6.54 Å². The SMILES string of the molecule is COc1ccc(COP(=O)(O)COCCn2cnc3c(OC)nc(N)nc32)cc1F. The van der Waals surface area contributed by atoms with E-state index in [9.17, 15) is 13.8 Å². The van der Waals surface area contributed by atoms with Crippen molar-refractivity contribution in [2.45, 2.75) is 13.2 Å². The first-order chi connectivity index (χ1) is 14.3. The van der Waals surface area contributed by atoms with Crippen LogP contribution in [0, 0.1) is 5.82 Å². The first-order valence-corrected chi connectivity index (χ1v) is 10.5. The molecular weight excluding hydrogens is 420 g/mol. The molecular formula is C17H21FN5O6P. The van der Waals surface area contributed by atoms with E-state index in [2.05, 4.69) is 15.0 Å². The van der Waals surface area contributed by atoms with Crippen molar-refractivity contribution in [3.8, 4) is 11.6 Å². The first kappa shape index (κ1) is 21.9. The second kappa shape index (κ2) is 9.35. The number of ether oxygens (including phenoxy) is 3. The highest BCUT2D eigenvalue weighted by Gasteiger charge is 2.20. The molecule has 13 heteroatoms. The number of nitrogens with zero attached hydrogens (tertiary/aromatic N) is 4. The Bertz CT molecular complexity index is 1080. The van der Waals surface area contributed by atoms with Crippen LogP contribution in [0.5, 0.6) is 11.6 Å². The summed E-state index contributed by atoms with van der Waals surface area (Å²) in [6.07, 6.45) is 0.983. The zero-order chi connectivity index (χ0) is 21.7. The van der Waals surface area contributed by atoms with Crippen molar-refractivity contribution >= 4 is 24.7 Å². The first-order valence-electron chi connectivity index (χ1n) is 8.72. The molecule has 1 aromatic carbocycles. The van der Waals surface area contributed by atoms with E-state index in [4.69, 9.17) is 24.5 Å². The molecule has 3 rings (SSSR count). The second-order valence-corrected chi connectivity index (χ2v) is 7.91. The molecule has 0 spiro atoms. The van der Waals surface area contributed by atoms with E-state index in [0.717, 1.165) is 0 Å². The topological polar surface area (TPSA) is 144 Å². The van der Waals surface area contributed by atoms with Gasteiger partial charge in [0.2, 0.25) is 11.8 Å². The summed E-state index contributed by atoms with van der Waals surface area (Å²) in [5.41, 5.74) is 6.93. The maximum absolute atomic E-state index is 13.7. The van der Waals surface area contributed by atoms with Gasteiger partial charge in [-0.25, -0.2) is 9.37 Å². The van der Waals surface area contributed by atoms with Crippen LogP contribution in [0.15, 0.2) is 24.5 Å². The zero-order valence-corrected chi connectivity index (χ0v) is 17.2. The Kier molecular flexibility index (Phi) is 6.83. The van der Waals surface area contributed by atoms with Crippen LogP contribution in [0.4, 0.5) is 10.3 Å². The molecule has 1 atom stereocenters. The Labute approximate surface area is 171 Å². The number of nitrogens with two attached hydrogens (primary N) is 1. The zero-order valence-electron chi connectivity index (χ0n) is 16.3. The van der Waals surface area contributed by atoms with Crippen molar-refractivity contribution < 1.29 is 32.6 Å². The van der Waals surface area contributed by atoms with Crippen molar-refractivity contribution in [1.29, 1.82) is 0 Å². The monoisotopic (exact) mass is 441 g/mol. The normalized spacial score (nSPS) is 13.3. The van der Waals surface area contributed by atoms with Gasteiger partial charge in [-0.2, -0.15) is 9.97 Å². The molecule has 0 bridgehead atoms. The molecule has 0 fully saturated rings. The highest BCUT2D eigenvalue weighted by Crippen LogP contribution is 2.42. The van der Waals surface area contributed by atoms with Crippen LogP contribution >= 0.6 is 7.60 Å². The molecule has 1 unspecified atom stereocenters. The van der Waals surface area contributed by atoms with Crippen molar-refractivity contribution in [2.75, 3.05) is 32.9 Å². The lowest BCUT2D eigenvalue weighted by Gasteiger charge is -2.13. The number of rotatable bonds is 10. The quantitative estimate of drug-likeness (QED) is 0.354. The third-order valence-corrected chi connectivity index (χ3v) is 5.06. The molecule has 0 aliphatic carbocycles. The van der Waals surface area contributed by atoms with Crippen LogP contribution in [0.1, 0.15) is 5.56 Å². The van der Waals surface area contributed by atoms with Gasteiger partial charge in [0.25, 0.3) is 0 Å². The number of anilines is 1. The van der Waals surface area contributed by atoms with Gasteiger partial charge in [-0.05, 0) is 17.7 Å². The molecule has 0 amide bonds. The highest BCUT2D eigenvalue weighted by atomic mass is 31.2. The average Bonchev–Trinajstić information content (AvgIpc) is 3.12. The fourth-order valence-corrected chi connectivity index (χ4v) is 3.38. The van der Waals surface area contributed by atoms with Gasteiger partial charge in [-0.1, -0.05) is 6.07 Å². The molecule has 0 saturated heterocycles. The number of fused-ring (bicyclic) bond motifs is 1. The van der Waals surface area contributed by atoms with E-state index in [1.54, 1.807) is 4.57 Å². The Morgan fingerprint density at radius 3 is 2.77 bits per heavy atom. The summed E-state index contributed by atoms with van der Waals surface area (Å²) >= 11 is 0. The molecule has 2 aromatic heterocycles. The lowest BCUT2D eigenvalue weighted by molar-refractivity contribution is 0.136. The summed E-state index contributed by atoms with van der Waals surface area (Å²) in [5.74, 6) is -0.229. The summed E-state index contributed by atoms with van der Waals surface area (Å²) in [6, 6.07) is 4.12. The van der Waals surface area contributed by atoms with Crippen molar-refractivity contribution in [1.82, 2.24) is 19.5 Å². The van der Waals surface area contributed by atoms with Gasteiger partial charge >= 0.3 is 7.60 Å². The number of methoxy groups -OCH3 is 2. The molecule has 2 heterocycles. The van der Waals surface area contributed by atoms with E-state index in [1.165, 1.54) is 38.7 Å². The molecule has 3 aromatic rings. The predicted octanol–water partition coefficient (Wildman–Crippen LogP) is 1.94. The van der Waals surface area contributed by atoms with Gasteiger partial charge in [0.15, 0.2) is 22.7 Å². The van der Waals surface area contributed by atoms with Gasteiger partial charge in [0.05, 0.1) is 33.8 Å². The van der Waals surface area contributed by atoms with E-state index < -0.39 is 19.8 Å². The second-order valence-electron chi connectivity index (χ2n) is 6.12. The van der Waals surface area contributed by atoms with Crippen LogP contribution in [0.3, 0.4) is 0 Å². The van der Waals surface area contributed by atoms with Crippen LogP contribution in [0.2, 0.25) is 0 Å². The van der Waals surface area contributed by atoms with Crippen LogP contribution < -0.4 is 15.2 Å². The largest absolute Gasteiger partial charge is 0.494 e. The Hall–Kier alpha value is -2.79. The van der Waals surface area contributed by atoms with Crippen LogP contribution in [-0.2, 0) is 27.0 Å². The number of imidazole rings is 1. The lowest BCUT2D eigenvalue weighted by atomic mass is 10.2. The molecule has 3 N–H and O–H groups in total. The minimum Gasteiger partial charge on any atom is -0.494 e. The minimum atomic E-state index is -4.03. The molecule has 0 aliphatic rings. The summed E-state index contributed by atoms with van der Waals surface area (Å²) in [7, 11) is -1.24. The van der Waals surface area contributed by atoms with Crippen molar-refractivity contribution in [3.05, 3.63) is 35.9 Å². The van der Waals surface area contributed by atoms with Gasteiger partial charge in [-0.15, -0.1) is 0 Å². The fraction of sp³-hybridized carbons (Fsp3) is 0.353. The number of hydrogen-bond donors (Lipinski definition) is 2. The van der Waals surface area contributed by atoms with E-state index in [-0.39, 0.29) is 30.8 Å². The van der Waals surface area contributed by atoms with E-state index in [1.807, 2.05) is 0 Å². The number of halogens is 1. The van der Waals surface area contributed by atoms with Crippen LogP contribution in [-0.4, -0.2) is 51.6 Å². The number of hydrogen-bond acceptors (Lipinski definition) is 9. The van der Waals surface area contributed by atoms with Gasteiger partial charge in [-0.3, -0.25) is 4.57 Å². The fourth-order valence-electron chi connectivity index (χ4n) is 2.60. The lowest BCUT2D eigenvalue weighted by Crippen LogP contribution is -2.08. The Morgan fingerprint density at radius 2 is 2.07 bits per heavy atom. The average molecular weight is 441 g/mol. The Balaban J connectivity index is 1.51. The molecule has 11 nitrogen and oxygen atoms in total. The molecule has 0 saturated carbocycles. The summed E-state index contributed by atoms with van der Waals surface area (Å²) in [5, 5.41) is 0. The van der Waals surface area contributed by atoms with Crippen molar-refractivity contribution in [2.24, 2.45) is 0 Å². The summed E-state index contributed by atoms with van der Waals surface area (Å²) < 4.78 is 47.6. The van der Waals surface area contributed by atoms with Crippen molar-refractivity contribution in [3.63, 3.8) is 0 Å². The maximum Gasteiger partial charge on any atom is 0.353 e. The van der Waals surface area contributed by atoms with E-state index in [0.29, 0.717) is 23.3 Å². The Morgan fingerprint density at radius 1 is 1.27 bits per heavy atom. The molecule has 162 valence electrons. The van der Waals surface area contributed by atoms with Crippen LogP contribution in [0.25, 0.3) is 11.2 Å². The maximum atomic E-state index is 13.7. The number of nitrogen functional groups attached to an aromatic ring is 1. The third-order valence-electron chi connectivity index (χ3n) is 4.02.